The summed E-state index contributed by atoms with van der Waals surface area (Å²) in [6.07, 6.45) is 1.09. The summed E-state index contributed by atoms with van der Waals surface area (Å²) in [5.41, 5.74) is 2.21. The summed E-state index contributed by atoms with van der Waals surface area (Å²) in [5, 5.41) is 4.27. The molecule has 0 spiro atoms. The van der Waals surface area contributed by atoms with Crippen LogP contribution in [0.5, 0.6) is 0 Å². The fraction of sp³-hybridized carbons (Fsp3) is 0.471. The third-order valence-corrected chi connectivity index (χ3v) is 3.98. The number of aryl methyl sites for hydroxylation is 1. The summed E-state index contributed by atoms with van der Waals surface area (Å²) in [4.78, 5) is 6.70. The Kier molecular flexibility index (Phi) is 4.85. The molecule has 118 valence electrons. The second kappa shape index (κ2) is 7.03. The molecule has 1 aromatic heterocycles. The van der Waals surface area contributed by atoms with Crippen LogP contribution in [-0.2, 0) is 4.74 Å². The van der Waals surface area contributed by atoms with E-state index in [-0.39, 0.29) is 5.82 Å². The van der Waals surface area contributed by atoms with Gasteiger partial charge in [0.2, 0.25) is 0 Å². The van der Waals surface area contributed by atoms with E-state index in [1.54, 1.807) is 6.07 Å². The van der Waals surface area contributed by atoms with E-state index < -0.39 is 0 Å². The standard InChI is InChI=1S/C17H22FN3O/c1-13-12-16(14-4-2-5-15(18)17(14)20-13)19-6-8-21-7-3-10-22-11-9-21/h2,4-5,12H,3,6-11H2,1H3,(H,19,20). The molecule has 2 aromatic rings. The molecule has 1 fully saturated rings. The van der Waals surface area contributed by atoms with Crippen molar-refractivity contribution in [2.75, 3.05) is 44.7 Å². The summed E-state index contributed by atoms with van der Waals surface area (Å²) in [6.45, 7) is 7.40. The van der Waals surface area contributed by atoms with Gasteiger partial charge in [0, 0.05) is 49.6 Å². The lowest BCUT2D eigenvalue weighted by Gasteiger charge is -2.20. The van der Waals surface area contributed by atoms with Crippen molar-refractivity contribution >= 4 is 16.6 Å². The molecule has 3 rings (SSSR count). The number of fused-ring (bicyclic) bond motifs is 1. The normalized spacial score (nSPS) is 16.6. The van der Waals surface area contributed by atoms with Crippen LogP contribution in [0.1, 0.15) is 12.1 Å². The number of benzene rings is 1. The molecule has 1 aliphatic heterocycles. The summed E-state index contributed by atoms with van der Waals surface area (Å²) in [6, 6.07) is 7.07. The molecule has 2 heterocycles. The van der Waals surface area contributed by atoms with Crippen LogP contribution in [0.3, 0.4) is 0 Å². The lowest BCUT2D eigenvalue weighted by molar-refractivity contribution is 0.142. The molecule has 0 radical (unpaired) electrons. The first-order valence-electron chi connectivity index (χ1n) is 7.84. The Balaban J connectivity index is 1.69. The smallest absolute Gasteiger partial charge is 0.149 e. The van der Waals surface area contributed by atoms with Crippen LogP contribution in [0, 0.1) is 12.7 Å². The zero-order valence-electron chi connectivity index (χ0n) is 12.9. The van der Waals surface area contributed by atoms with Gasteiger partial charge in [-0.3, -0.25) is 4.90 Å². The monoisotopic (exact) mass is 303 g/mol. The Bertz CT molecular complexity index is 639. The van der Waals surface area contributed by atoms with Crippen LogP contribution in [0.25, 0.3) is 10.9 Å². The van der Waals surface area contributed by atoms with Crippen molar-refractivity contribution < 1.29 is 9.13 Å². The van der Waals surface area contributed by atoms with E-state index in [9.17, 15) is 4.39 Å². The average Bonchev–Trinajstić information content (AvgIpc) is 2.77. The van der Waals surface area contributed by atoms with Gasteiger partial charge in [0.1, 0.15) is 11.3 Å². The van der Waals surface area contributed by atoms with Gasteiger partial charge in [0.05, 0.1) is 6.61 Å². The van der Waals surface area contributed by atoms with Crippen LogP contribution < -0.4 is 5.32 Å². The molecule has 5 heteroatoms. The molecule has 1 saturated heterocycles. The minimum absolute atomic E-state index is 0.270. The van der Waals surface area contributed by atoms with E-state index in [0.717, 1.165) is 62.6 Å². The maximum atomic E-state index is 13.9. The maximum Gasteiger partial charge on any atom is 0.149 e. The summed E-state index contributed by atoms with van der Waals surface area (Å²) in [5.74, 6) is -0.270. The highest BCUT2D eigenvalue weighted by molar-refractivity contribution is 5.91. The first-order valence-corrected chi connectivity index (χ1v) is 7.84. The number of hydrogen-bond donors (Lipinski definition) is 1. The van der Waals surface area contributed by atoms with Crippen LogP contribution in [0.4, 0.5) is 10.1 Å². The topological polar surface area (TPSA) is 37.4 Å². The number of rotatable bonds is 4. The van der Waals surface area contributed by atoms with Gasteiger partial charge in [0.25, 0.3) is 0 Å². The van der Waals surface area contributed by atoms with Gasteiger partial charge >= 0.3 is 0 Å². The van der Waals surface area contributed by atoms with Gasteiger partial charge < -0.3 is 10.1 Å². The number of nitrogens with zero attached hydrogens (tertiary/aromatic N) is 2. The summed E-state index contributed by atoms with van der Waals surface area (Å²) < 4.78 is 19.4. The first-order chi connectivity index (χ1) is 10.7. The largest absolute Gasteiger partial charge is 0.383 e. The van der Waals surface area contributed by atoms with Gasteiger partial charge in [-0.25, -0.2) is 9.37 Å². The third kappa shape index (κ3) is 3.54. The van der Waals surface area contributed by atoms with Crippen LogP contribution in [0.2, 0.25) is 0 Å². The van der Waals surface area contributed by atoms with Gasteiger partial charge in [-0.05, 0) is 25.5 Å². The lowest BCUT2D eigenvalue weighted by Crippen LogP contribution is -2.31. The lowest BCUT2D eigenvalue weighted by atomic mass is 10.1. The molecule has 0 saturated carbocycles. The average molecular weight is 303 g/mol. The minimum atomic E-state index is -0.270. The molecule has 4 nitrogen and oxygen atoms in total. The maximum absolute atomic E-state index is 13.9. The quantitative estimate of drug-likeness (QED) is 0.942. The molecule has 0 aliphatic carbocycles. The van der Waals surface area contributed by atoms with Crippen LogP contribution in [-0.4, -0.2) is 49.3 Å². The summed E-state index contributed by atoms with van der Waals surface area (Å²) >= 11 is 0. The van der Waals surface area contributed by atoms with Crippen molar-refractivity contribution in [3.8, 4) is 0 Å². The Morgan fingerprint density at radius 2 is 2.23 bits per heavy atom. The molecule has 1 N–H and O–H groups in total. The number of hydrogen-bond acceptors (Lipinski definition) is 4. The fourth-order valence-corrected chi connectivity index (χ4v) is 2.86. The van der Waals surface area contributed by atoms with E-state index in [4.69, 9.17) is 4.74 Å². The molecule has 1 aliphatic rings. The Hall–Kier alpha value is -1.72. The number of ether oxygens (including phenoxy) is 1. The van der Waals surface area contributed by atoms with Crippen LogP contribution in [0.15, 0.2) is 24.3 Å². The van der Waals surface area contributed by atoms with Crippen LogP contribution >= 0.6 is 0 Å². The highest BCUT2D eigenvalue weighted by Gasteiger charge is 2.10. The molecule has 0 unspecified atom stereocenters. The van der Waals surface area contributed by atoms with Gasteiger partial charge in [-0.1, -0.05) is 12.1 Å². The van der Waals surface area contributed by atoms with E-state index >= 15 is 0 Å². The molecular formula is C17H22FN3O. The van der Waals surface area contributed by atoms with E-state index in [1.807, 2.05) is 19.1 Å². The van der Waals surface area contributed by atoms with Gasteiger partial charge in [-0.2, -0.15) is 0 Å². The second-order valence-electron chi connectivity index (χ2n) is 5.68. The van der Waals surface area contributed by atoms with Crippen molar-refractivity contribution in [3.05, 3.63) is 35.8 Å². The Morgan fingerprint density at radius 1 is 1.32 bits per heavy atom. The Morgan fingerprint density at radius 3 is 3.14 bits per heavy atom. The minimum Gasteiger partial charge on any atom is -0.383 e. The predicted molar refractivity (Wildman–Crippen MR) is 86.8 cm³/mol. The van der Waals surface area contributed by atoms with Crippen molar-refractivity contribution in [1.29, 1.82) is 0 Å². The summed E-state index contributed by atoms with van der Waals surface area (Å²) in [7, 11) is 0. The zero-order chi connectivity index (χ0) is 15.4. The van der Waals surface area contributed by atoms with Gasteiger partial charge in [0.15, 0.2) is 0 Å². The number of nitrogens with one attached hydrogen (secondary N) is 1. The number of halogens is 1. The van der Waals surface area contributed by atoms with Crippen molar-refractivity contribution in [2.24, 2.45) is 0 Å². The number of anilines is 1. The zero-order valence-corrected chi connectivity index (χ0v) is 12.9. The highest BCUT2D eigenvalue weighted by atomic mass is 19.1. The highest BCUT2D eigenvalue weighted by Crippen LogP contribution is 2.24. The van der Waals surface area contributed by atoms with E-state index in [0.29, 0.717) is 5.52 Å². The van der Waals surface area contributed by atoms with Gasteiger partial charge in [-0.15, -0.1) is 0 Å². The predicted octanol–water partition coefficient (Wildman–Crippen LogP) is 2.82. The van der Waals surface area contributed by atoms with Crippen molar-refractivity contribution in [3.63, 3.8) is 0 Å². The van der Waals surface area contributed by atoms with Crippen molar-refractivity contribution in [1.82, 2.24) is 9.88 Å². The van der Waals surface area contributed by atoms with E-state index in [1.165, 1.54) is 6.07 Å². The molecule has 0 bridgehead atoms. The molecule has 0 atom stereocenters. The number of aromatic nitrogens is 1. The van der Waals surface area contributed by atoms with E-state index in [2.05, 4.69) is 15.2 Å². The first kappa shape index (κ1) is 15.2. The molecule has 22 heavy (non-hydrogen) atoms. The SMILES string of the molecule is Cc1cc(NCCN2CCCOCC2)c2cccc(F)c2n1. The molecule has 0 amide bonds. The molecule has 1 aromatic carbocycles. The number of pyridine rings is 1. The second-order valence-corrected chi connectivity index (χ2v) is 5.68. The third-order valence-electron chi connectivity index (χ3n) is 3.98. The number of para-hydroxylation sites is 1. The van der Waals surface area contributed by atoms with Crippen molar-refractivity contribution in [2.45, 2.75) is 13.3 Å². The molecular weight excluding hydrogens is 281 g/mol. The Labute approximate surface area is 130 Å². The fourth-order valence-electron chi connectivity index (χ4n) is 2.86.